The van der Waals surface area contributed by atoms with Gasteiger partial charge >= 0.3 is 0 Å². The number of aryl methyl sites for hydroxylation is 1. The normalized spacial score (nSPS) is 17.6. The first-order valence-electron chi connectivity index (χ1n) is 8.72. The topological polar surface area (TPSA) is 83.6 Å². The molecule has 0 atom stereocenters. The molecule has 2 aromatic rings. The van der Waals surface area contributed by atoms with Crippen LogP contribution in [0.15, 0.2) is 42.5 Å². The lowest BCUT2D eigenvalue weighted by Gasteiger charge is -2.19. The summed E-state index contributed by atoms with van der Waals surface area (Å²) in [6.45, 7) is 5.44. The summed E-state index contributed by atoms with van der Waals surface area (Å²) in [6.07, 6.45) is 0. The number of rotatable bonds is 4. The van der Waals surface area contributed by atoms with Crippen molar-refractivity contribution in [3.63, 3.8) is 0 Å². The van der Waals surface area contributed by atoms with Crippen molar-refractivity contribution in [3.05, 3.63) is 64.2 Å². The standard InChI is InChI=1S/C20H21ClN2O4S/c1-13-4-6-14(7-5-13)11-22-18(24)15-8-9-16(21)17(10-15)23-19(25)20(2,3)12-28(23,26)27/h4-10H,11-12H2,1-3H3,(H,22,24). The van der Waals surface area contributed by atoms with E-state index in [9.17, 15) is 18.0 Å². The highest BCUT2D eigenvalue weighted by molar-refractivity contribution is 7.94. The molecule has 28 heavy (non-hydrogen) atoms. The summed E-state index contributed by atoms with van der Waals surface area (Å²) in [5, 5.41) is 2.87. The van der Waals surface area contributed by atoms with Crippen LogP contribution in [0.5, 0.6) is 0 Å². The van der Waals surface area contributed by atoms with E-state index in [2.05, 4.69) is 5.32 Å². The van der Waals surface area contributed by atoms with Crippen LogP contribution in [0.25, 0.3) is 0 Å². The Balaban J connectivity index is 1.86. The van der Waals surface area contributed by atoms with Gasteiger partial charge in [0.2, 0.25) is 15.9 Å². The van der Waals surface area contributed by atoms with Crippen molar-refractivity contribution in [3.8, 4) is 0 Å². The van der Waals surface area contributed by atoms with Gasteiger partial charge in [-0.15, -0.1) is 0 Å². The van der Waals surface area contributed by atoms with E-state index in [0.717, 1.165) is 11.1 Å². The molecule has 0 radical (unpaired) electrons. The molecule has 148 valence electrons. The highest BCUT2D eigenvalue weighted by Crippen LogP contribution is 2.39. The van der Waals surface area contributed by atoms with Crippen molar-refractivity contribution >= 4 is 39.1 Å². The van der Waals surface area contributed by atoms with Crippen LogP contribution < -0.4 is 9.62 Å². The lowest BCUT2D eigenvalue weighted by Crippen LogP contribution is -2.33. The number of halogens is 1. The van der Waals surface area contributed by atoms with Crippen molar-refractivity contribution in [2.75, 3.05) is 10.1 Å². The maximum absolute atomic E-state index is 12.6. The number of benzene rings is 2. The maximum atomic E-state index is 12.6. The summed E-state index contributed by atoms with van der Waals surface area (Å²) >= 11 is 6.16. The lowest BCUT2D eigenvalue weighted by molar-refractivity contribution is -0.123. The molecule has 1 aliphatic rings. The van der Waals surface area contributed by atoms with E-state index in [-0.39, 0.29) is 27.9 Å². The van der Waals surface area contributed by atoms with Crippen molar-refractivity contribution in [1.82, 2.24) is 5.32 Å². The molecule has 8 heteroatoms. The third kappa shape index (κ3) is 3.91. The Bertz CT molecular complexity index is 1050. The van der Waals surface area contributed by atoms with Crippen LogP contribution in [0.2, 0.25) is 5.02 Å². The van der Waals surface area contributed by atoms with Crippen LogP contribution >= 0.6 is 11.6 Å². The molecular weight excluding hydrogens is 400 g/mol. The molecule has 1 aliphatic heterocycles. The van der Waals surface area contributed by atoms with Gasteiger partial charge in [-0.05, 0) is 44.5 Å². The van der Waals surface area contributed by atoms with Gasteiger partial charge in [0.1, 0.15) is 0 Å². The number of sulfonamides is 1. The van der Waals surface area contributed by atoms with Crippen molar-refractivity contribution < 1.29 is 18.0 Å². The van der Waals surface area contributed by atoms with Crippen LogP contribution in [-0.4, -0.2) is 26.0 Å². The minimum atomic E-state index is -3.85. The molecule has 0 aromatic heterocycles. The van der Waals surface area contributed by atoms with Crippen LogP contribution in [0, 0.1) is 12.3 Å². The Morgan fingerprint density at radius 2 is 1.82 bits per heavy atom. The Hall–Kier alpha value is -2.38. The third-order valence-corrected chi connectivity index (χ3v) is 6.91. The number of carbonyl (C=O) groups is 2. The fraction of sp³-hybridized carbons (Fsp3) is 0.300. The van der Waals surface area contributed by atoms with Crippen LogP contribution in [0.3, 0.4) is 0 Å². The molecule has 0 spiro atoms. The van der Waals surface area contributed by atoms with Crippen LogP contribution in [-0.2, 0) is 21.4 Å². The summed E-state index contributed by atoms with van der Waals surface area (Å²) in [4.78, 5) is 25.1. The third-order valence-electron chi connectivity index (χ3n) is 4.59. The van der Waals surface area contributed by atoms with Crippen LogP contribution in [0.4, 0.5) is 5.69 Å². The largest absolute Gasteiger partial charge is 0.348 e. The molecule has 1 heterocycles. The second kappa shape index (κ2) is 7.22. The SMILES string of the molecule is Cc1ccc(CNC(=O)c2ccc(Cl)c(N3C(=O)C(C)(C)CS3(=O)=O)c2)cc1. The predicted octanol–water partition coefficient (Wildman–Crippen LogP) is 3.28. The van der Waals surface area contributed by atoms with E-state index in [1.807, 2.05) is 31.2 Å². The quantitative estimate of drug-likeness (QED) is 0.822. The van der Waals surface area contributed by atoms with E-state index in [1.165, 1.54) is 18.2 Å². The number of nitrogens with zero attached hydrogens (tertiary/aromatic N) is 1. The Morgan fingerprint density at radius 3 is 2.39 bits per heavy atom. The molecular formula is C20H21ClN2O4S. The second-order valence-corrected chi connectivity index (χ2v) is 9.77. The summed E-state index contributed by atoms with van der Waals surface area (Å²) in [6, 6.07) is 12.0. The van der Waals surface area contributed by atoms with E-state index in [0.29, 0.717) is 10.8 Å². The Labute approximate surface area is 169 Å². The first kappa shape index (κ1) is 20.4. The first-order chi connectivity index (χ1) is 13.0. The average Bonchev–Trinajstić information content (AvgIpc) is 2.78. The highest BCUT2D eigenvalue weighted by atomic mass is 35.5. The Morgan fingerprint density at radius 1 is 1.18 bits per heavy atom. The number of carbonyl (C=O) groups excluding carboxylic acids is 2. The zero-order valence-electron chi connectivity index (χ0n) is 15.8. The number of hydrogen-bond acceptors (Lipinski definition) is 4. The monoisotopic (exact) mass is 420 g/mol. The minimum absolute atomic E-state index is 0.000211. The molecule has 2 amide bonds. The zero-order chi connectivity index (χ0) is 20.7. The first-order valence-corrected chi connectivity index (χ1v) is 10.7. The fourth-order valence-electron chi connectivity index (χ4n) is 3.04. The zero-order valence-corrected chi connectivity index (χ0v) is 17.4. The molecule has 3 rings (SSSR count). The summed E-state index contributed by atoms with van der Waals surface area (Å²) in [7, 11) is -3.85. The Kier molecular flexibility index (Phi) is 5.25. The van der Waals surface area contributed by atoms with E-state index < -0.39 is 21.3 Å². The molecule has 0 bridgehead atoms. The molecule has 6 nitrogen and oxygen atoms in total. The van der Waals surface area contributed by atoms with Gasteiger partial charge < -0.3 is 5.32 Å². The van der Waals surface area contributed by atoms with Crippen molar-refractivity contribution in [2.45, 2.75) is 27.3 Å². The van der Waals surface area contributed by atoms with Gasteiger partial charge in [0.05, 0.1) is 21.9 Å². The van der Waals surface area contributed by atoms with E-state index in [1.54, 1.807) is 13.8 Å². The summed E-state index contributed by atoms with van der Waals surface area (Å²) in [5.41, 5.74) is 1.23. The number of nitrogens with one attached hydrogen (secondary N) is 1. The molecule has 0 unspecified atom stereocenters. The van der Waals surface area contributed by atoms with Gasteiger partial charge in [-0.2, -0.15) is 0 Å². The van der Waals surface area contributed by atoms with Gasteiger partial charge in [0, 0.05) is 12.1 Å². The number of anilines is 1. The average molecular weight is 421 g/mol. The molecule has 1 fully saturated rings. The van der Waals surface area contributed by atoms with Crippen molar-refractivity contribution in [2.24, 2.45) is 5.41 Å². The smallest absolute Gasteiger partial charge is 0.251 e. The molecule has 2 aromatic carbocycles. The molecule has 1 saturated heterocycles. The molecule has 0 saturated carbocycles. The number of amides is 2. The van der Waals surface area contributed by atoms with E-state index >= 15 is 0 Å². The van der Waals surface area contributed by atoms with Crippen LogP contribution in [0.1, 0.15) is 35.3 Å². The predicted molar refractivity (Wildman–Crippen MR) is 109 cm³/mol. The molecule has 1 N–H and O–H groups in total. The van der Waals surface area contributed by atoms with Gasteiger partial charge in [0.25, 0.3) is 5.91 Å². The second-order valence-electron chi connectivity index (χ2n) is 7.54. The van der Waals surface area contributed by atoms with Gasteiger partial charge in [-0.1, -0.05) is 41.4 Å². The fourth-order valence-corrected chi connectivity index (χ4v) is 5.41. The minimum Gasteiger partial charge on any atom is -0.348 e. The van der Waals surface area contributed by atoms with Crippen molar-refractivity contribution in [1.29, 1.82) is 0 Å². The van der Waals surface area contributed by atoms with E-state index in [4.69, 9.17) is 11.6 Å². The summed E-state index contributed by atoms with van der Waals surface area (Å²) < 4.78 is 25.7. The highest BCUT2D eigenvalue weighted by Gasteiger charge is 2.50. The molecule has 0 aliphatic carbocycles. The summed E-state index contributed by atoms with van der Waals surface area (Å²) in [5.74, 6) is -1.26. The van der Waals surface area contributed by atoms with Gasteiger partial charge in [0.15, 0.2) is 0 Å². The van der Waals surface area contributed by atoms with Gasteiger partial charge in [-0.25, -0.2) is 12.7 Å². The van der Waals surface area contributed by atoms with Gasteiger partial charge in [-0.3, -0.25) is 9.59 Å². The lowest BCUT2D eigenvalue weighted by atomic mass is 9.95. The number of hydrogen-bond donors (Lipinski definition) is 1. The maximum Gasteiger partial charge on any atom is 0.251 e.